The van der Waals surface area contributed by atoms with Crippen LogP contribution in [0, 0.1) is 0 Å². The third-order valence-corrected chi connectivity index (χ3v) is 3.70. The fourth-order valence-corrected chi connectivity index (χ4v) is 2.54. The SMILES string of the molecule is COc1ccc2c(c1)NCCN2C1CCC1. The van der Waals surface area contributed by atoms with Gasteiger partial charge in [-0.15, -0.1) is 0 Å². The van der Waals surface area contributed by atoms with Crippen molar-refractivity contribution in [1.82, 2.24) is 0 Å². The lowest BCUT2D eigenvalue weighted by Gasteiger charge is -2.42. The molecule has 1 aromatic rings. The summed E-state index contributed by atoms with van der Waals surface area (Å²) in [6.45, 7) is 2.17. The molecule has 0 aromatic heterocycles. The topological polar surface area (TPSA) is 24.5 Å². The number of methoxy groups -OCH3 is 1. The van der Waals surface area contributed by atoms with E-state index in [1.165, 1.54) is 30.6 Å². The minimum absolute atomic E-state index is 0.772. The van der Waals surface area contributed by atoms with Gasteiger partial charge in [0.1, 0.15) is 5.75 Å². The molecule has 0 saturated heterocycles. The lowest BCUT2D eigenvalue weighted by Crippen LogP contribution is -2.45. The Labute approximate surface area is 96.4 Å². The Morgan fingerprint density at radius 2 is 2.25 bits per heavy atom. The van der Waals surface area contributed by atoms with Crippen LogP contribution in [0.1, 0.15) is 19.3 Å². The predicted octanol–water partition coefficient (Wildman–Crippen LogP) is 2.48. The Balaban J connectivity index is 1.92. The van der Waals surface area contributed by atoms with Gasteiger partial charge in [-0.3, -0.25) is 0 Å². The zero-order chi connectivity index (χ0) is 11.0. The maximum absolute atomic E-state index is 5.26. The van der Waals surface area contributed by atoms with Gasteiger partial charge in [-0.05, 0) is 31.4 Å². The van der Waals surface area contributed by atoms with Gasteiger partial charge >= 0.3 is 0 Å². The molecular formula is C13H18N2O. The van der Waals surface area contributed by atoms with Crippen LogP contribution in [0.25, 0.3) is 0 Å². The summed E-state index contributed by atoms with van der Waals surface area (Å²) < 4.78 is 5.26. The van der Waals surface area contributed by atoms with E-state index in [0.717, 1.165) is 24.9 Å². The van der Waals surface area contributed by atoms with Gasteiger partial charge in [0.05, 0.1) is 18.5 Å². The van der Waals surface area contributed by atoms with Crippen molar-refractivity contribution in [1.29, 1.82) is 0 Å². The summed E-state index contributed by atoms with van der Waals surface area (Å²) in [6, 6.07) is 7.10. The molecule has 3 heteroatoms. The smallest absolute Gasteiger partial charge is 0.121 e. The Morgan fingerprint density at radius 1 is 1.38 bits per heavy atom. The molecule has 3 nitrogen and oxygen atoms in total. The highest BCUT2D eigenvalue weighted by atomic mass is 16.5. The summed E-state index contributed by atoms with van der Waals surface area (Å²) in [5.41, 5.74) is 2.56. The number of hydrogen-bond donors (Lipinski definition) is 1. The van der Waals surface area contributed by atoms with Crippen molar-refractivity contribution < 1.29 is 4.74 Å². The molecule has 1 aliphatic carbocycles. The Hall–Kier alpha value is -1.38. The van der Waals surface area contributed by atoms with Gasteiger partial charge in [0, 0.05) is 25.2 Å². The molecule has 1 aliphatic heterocycles. The molecule has 0 spiro atoms. The van der Waals surface area contributed by atoms with Crippen molar-refractivity contribution in [2.45, 2.75) is 25.3 Å². The van der Waals surface area contributed by atoms with Gasteiger partial charge in [0.15, 0.2) is 0 Å². The van der Waals surface area contributed by atoms with Crippen LogP contribution in [0.15, 0.2) is 18.2 Å². The summed E-state index contributed by atoms with van der Waals surface area (Å²) >= 11 is 0. The number of fused-ring (bicyclic) bond motifs is 1. The number of anilines is 2. The zero-order valence-electron chi connectivity index (χ0n) is 9.70. The predicted molar refractivity (Wildman–Crippen MR) is 66.5 cm³/mol. The van der Waals surface area contributed by atoms with Crippen LogP contribution in [0.4, 0.5) is 11.4 Å². The van der Waals surface area contributed by atoms with E-state index in [-0.39, 0.29) is 0 Å². The fraction of sp³-hybridized carbons (Fsp3) is 0.538. The van der Waals surface area contributed by atoms with E-state index >= 15 is 0 Å². The van der Waals surface area contributed by atoms with E-state index in [4.69, 9.17) is 4.74 Å². The standard InChI is InChI=1S/C13H18N2O/c1-16-11-5-6-13-12(9-11)14-7-8-15(13)10-3-2-4-10/h5-6,9-10,14H,2-4,7-8H2,1H3. The van der Waals surface area contributed by atoms with E-state index in [1.807, 2.05) is 0 Å². The molecule has 86 valence electrons. The number of nitrogens with one attached hydrogen (secondary N) is 1. The first-order valence-electron chi connectivity index (χ1n) is 6.07. The maximum Gasteiger partial charge on any atom is 0.121 e. The van der Waals surface area contributed by atoms with Crippen LogP contribution in [0.5, 0.6) is 5.75 Å². The molecule has 0 amide bonds. The van der Waals surface area contributed by atoms with Gasteiger partial charge in [0.25, 0.3) is 0 Å². The minimum Gasteiger partial charge on any atom is -0.497 e. The van der Waals surface area contributed by atoms with Gasteiger partial charge < -0.3 is 15.0 Å². The molecule has 2 aliphatic rings. The lowest BCUT2D eigenvalue weighted by atomic mass is 9.90. The quantitative estimate of drug-likeness (QED) is 0.825. The number of hydrogen-bond acceptors (Lipinski definition) is 3. The van der Waals surface area contributed by atoms with E-state index in [2.05, 4.69) is 28.4 Å². The highest BCUT2D eigenvalue weighted by molar-refractivity contribution is 5.74. The van der Waals surface area contributed by atoms with Crippen molar-refractivity contribution in [3.05, 3.63) is 18.2 Å². The van der Waals surface area contributed by atoms with Crippen LogP contribution in [-0.4, -0.2) is 26.2 Å². The molecule has 3 rings (SSSR count). The second-order valence-electron chi connectivity index (χ2n) is 4.59. The third kappa shape index (κ3) is 1.51. The molecule has 1 heterocycles. The number of ether oxygens (including phenoxy) is 1. The third-order valence-electron chi connectivity index (χ3n) is 3.70. The van der Waals surface area contributed by atoms with Gasteiger partial charge in [-0.1, -0.05) is 0 Å². The lowest BCUT2D eigenvalue weighted by molar-refractivity contribution is 0.386. The van der Waals surface area contributed by atoms with Crippen LogP contribution in [0.3, 0.4) is 0 Å². The summed E-state index contributed by atoms with van der Waals surface area (Å²) in [7, 11) is 1.72. The Bertz CT molecular complexity index is 388. The average molecular weight is 218 g/mol. The van der Waals surface area contributed by atoms with Gasteiger partial charge in [-0.2, -0.15) is 0 Å². The largest absolute Gasteiger partial charge is 0.497 e. The highest BCUT2D eigenvalue weighted by Crippen LogP contribution is 2.37. The summed E-state index contributed by atoms with van der Waals surface area (Å²) in [4.78, 5) is 2.55. The first-order chi connectivity index (χ1) is 7.88. The van der Waals surface area contributed by atoms with Crippen molar-refractivity contribution in [3.63, 3.8) is 0 Å². The Kier molecular flexibility index (Phi) is 2.39. The van der Waals surface area contributed by atoms with Crippen LogP contribution in [-0.2, 0) is 0 Å². The van der Waals surface area contributed by atoms with E-state index < -0.39 is 0 Å². The van der Waals surface area contributed by atoms with Crippen molar-refractivity contribution in [3.8, 4) is 5.75 Å². The second kappa shape index (κ2) is 3.89. The molecule has 1 fully saturated rings. The summed E-state index contributed by atoms with van der Waals surface area (Å²) in [5.74, 6) is 0.932. The normalized spacial score (nSPS) is 19.7. The number of rotatable bonds is 2. The van der Waals surface area contributed by atoms with Crippen LogP contribution < -0.4 is 15.0 Å². The molecule has 0 unspecified atom stereocenters. The second-order valence-corrected chi connectivity index (χ2v) is 4.59. The van der Waals surface area contributed by atoms with Crippen LogP contribution >= 0.6 is 0 Å². The molecule has 16 heavy (non-hydrogen) atoms. The van der Waals surface area contributed by atoms with E-state index in [9.17, 15) is 0 Å². The van der Waals surface area contributed by atoms with E-state index in [1.54, 1.807) is 7.11 Å². The highest BCUT2D eigenvalue weighted by Gasteiger charge is 2.28. The fourth-order valence-electron chi connectivity index (χ4n) is 2.54. The monoisotopic (exact) mass is 218 g/mol. The maximum atomic E-state index is 5.26. The Morgan fingerprint density at radius 3 is 2.94 bits per heavy atom. The zero-order valence-corrected chi connectivity index (χ0v) is 9.70. The minimum atomic E-state index is 0.772. The van der Waals surface area contributed by atoms with Gasteiger partial charge in [-0.25, -0.2) is 0 Å². The number of benzene rings is 1. The molecule has 0 radical (unpaired) electrons. The van der Waals surface area contributed by atoms with E-state index in [0.29, 0.717) is 0 Å². The molecule has 1 aromatic carbocycles. The van der Waals surface area contributed by atoms with Gasteiger partial charge in [0.2, 0.25) is 0 Å². The first-order valence-corrected chi connectivity index (χ1v) is 6.07. The van der Waals surface area contributed by atoms with Crippen molar-refractivity contribution >= 4 is 11.4 Å². The molecular weight excluding hydrogens is 200 g/mol. The molecule has 1 N–H and O–H groups in total. The summed E-state index contributed by atoms with van der Waals surface area (Å²) in [6.07, 6.45) is 4.09. The summed E-state index contributed by atoms with van der Waals surface area (Å²) in [5, 5.41) is 3.45. The first kappa shape index (κ1) is 9.82. The molecule has 0 bridgehead atoms. The number of nitrogens with zero attached hydrogens (tertiary/aromatic N) is 1. The molecule has 1 saturated carbocycles. The van der Waals surface area contributed by atoms with Crippen molar-refractivity contribution in [2.75, 3.05) is 30.4 Å². The molecule has 0 atom stereocenters. The van der Waals surface area contributed by atoms with Crippen molar-refractivity contribution in [2.24, 2.45) is 0 Å². The van der Waals surface area contributed by atoms with Crippen LogP contribution in [0.2, 0.25) is 0 Å². The average Bonchev–Trinajstić information content (AvgIpc) is 2.26.